The van der Waals surface area contributed by atoms with Crippen LogP contribution in [0.5, 0.6) is 5.75 Å². The molecule has 0 bridgehead atoms. The summed E-state index contributed by atoms with van der Waals surface area (Å²) in [7, 11) is 1.37. The molecule has 0 saturated carbocycles. The van der Waals surface area contributed by atoms with Crippen molar-refractivity contribution in [1.82, 2.24) is 19.9 Å². The van der Waals surface area contributed by atoms with Crippen molar-refractivity contribution in [2.75, 3.05) is 7.11 Å². The van der Waals surface area contributed by atoms with Gasteiger partial charge in [-0.25, -0.2) is 9.97 Å². The molecule has 0 unspecified atom stereocenters. The van der Waals surface area contributed by atoms with Crippen molar-refractivity contribution >= 4 is 28.5 Å². The highest BCUT2D eigenvalue weighted by Crippen LogP contribution is 2.33. The first-order valence-corrected chi connectivity index (χ1v) is 6.17. The summed E-state index contributed by atoms with van der Waals surface area (Å²) >= 11 is 5.86. The summed E-state index contributed by atoms with van der Waals surface area (Å²) < 4.78 is 4.97. The summed E-state index contributed by atoms with van der Waals surface area (Å²) in [5.41, 5.74) is 1.74. The van der Waals surface area contributed by atoms with Crippen molar-refractivity contribution in [2.24, 2.45) is 0 Å². The number of H-pyrrole nitrogens is 1. The van der Waals surface area contributed by atoms with Gasteiger partial charge in [0.2, 0.25) is 5.28 Å². The van der Waals surface area contributed by atoms with Gasteiger partial charge in [-0.05, 0) is 23.7 Å². The number of hydrogen-bond acceptors (Lipinski definition) is 6. The van der Waals surface area contributed by atoms with E-state index < -0.39 is 4.92 Å². The van der Waals surface area contributed by atoms with E-state index in [0.717, 1.165) is 0 Å². The molecule has 0 saturated heterocycles. The van der Waals surface area contributed by atoms with Gasteiger partial charge in [-0.15, -0.1) is 0 Å². The summed E-state index contributed by atoms with van der Waals surface area (Å²) in [6.07, 6.45) is 1.46. The number of ether oxygens (including phenoxy) is 1. The standard InChI is InChI=1S/C12H8ClN5O3/c1-21-8-3-2-6(4-7(8)18(19)20)9-10-11(15-5-14-10)17-12(13)16-9/h2-5H,1H3,(H,14,15,16,17). The number of rotatable bonds is 3. The summed E-state index contributed by atoms with van der Waals surface area (Å²) in [4.78, 5) is 25.6. The molecular formula is C12H8ClN5O3. The van der Waals surface area contributed by atoms with Crippen molar-refractivity contribution in [3.63, 3.8) is 0 Å². The number of benzene rings is 1. The van der Waals surface area contributed by atoms with Gasteiger partial charge in [0.1, 0.15) is 11.2 Å². The first-order valence-electron chi connectivity index (χ1n) is 5.79. The quantitative estimate of drug-likeness (QED) is 0.453. The molecule has 0 aliphatic carbocycles. The van der Waals surface area contributed by atoms with E-state index in [0.29, 0.717) is 22.4 Å². The average Bonchev–Trinajstić information content (AvgIpc) is 2.93. The van der Waals surface area contributed by atoms with Gasteiger partial charge in [0.25, 0.3) is 0 Å². The van der Waals surface area contributed by atoms with Crippen LogP contribution in [0.2, 0.25) is 5.28 Å². The minimum atomic E-state index is -0.519. The predicted molar refractivity (Wildman–Crippen MR) is 75.3 cm³/mol. The van der Waals surface area contributed by atoms with Gasteiger partial charge >= 0.3 is 5.69 Å². The van der Waals surface area contributed by atoms with Gasteiger partial charge in [-0.1, -0.05) is 0 Å². The number of nitrogens with zero attached hydrogens (tertiary/aromatic N) is 4. The summed E-state index contributed by atoms with van der Waals surface area (Å²) in [5, 5.41) is 11.1. The molecule has 2 aromatic heterocycles. The topological polar surface area (TPSA) is 107 Å². The SMILES string of the molecule is COc1ccc(-c2nc(Cl)nc3nc[nH]c23)cc1[N+](=O)[O-]. The number of halogens is 1. The van der Waals surface area contributed by atoms with E-state index in [4.69, 9.17) is 16.3 Å². The highest BCUT2D eigenvalue weighted by atomic mass is 35.5. The molecule has 3 rings (SSSR count). The molecule has 0 atom stereocenters. The number of nitro benzene ring substituents is 1. The number of aromatic nitrogens is 4. The molecule has 0 radical (unpaired) electrons. The Morgan fingerprint density at radius 1 is 1.38 bits per heavy atom. The van der Waals surface area contributed by atoms with Gasteiger partial charge in [0, 0.05) is 11.6 Å². The van der Waals surface area contributed by atoms with Crippen LogP contribution in [0.25, 0.3) is 22.4 Å². The number of aromatic amines is 1. The summed E-state index contributed by atoms with van der Waals surface area (Å²) in [6, 6.07) is 4.54. The van der Waals surface area contributed by atoms with Gasteiger partial charge in [0.05, 0.1) is 18.4 Å². The predicted octanol–water partition coefficient (Wildman–Crippen LogP) is 2.59. The Kier molecular flexibility index (Phi) is 3.15. The molecule has 0 spiro atoms. The Labute approximate surface area is 122 Å². The normalized spacial score (nSPS) is 10.8. The molecule has 8 nitrogen and oxygen atoms in total. The number of nitro groups is 1. The third-order valence-electron chi connectivity index (χ3n) is 2.91. The van der Waals surface area contributed by atoms with Crippen molar-refractivity contribution in [2.45, 2.75) is 0 Å². The minimum absolute atomic E-state index is 0.0167. The molecule has 21 heavy (non-hydrogen) atoms. The maximum atomic E-state index is 11.1. The maximum Gasteiger partial charge on any atom is 0.311 e. The van der Waals surface area contributed by atoms with Gasteiger partial charge in [-0.2, -0.15) is 4.98 Å². The van der Waals surface area contributed by atoms with Gasteiger partial charge in [0.15, 0.2) is 11.4 Å². The summed E-state index contributed by atoms with van der Waals surface area (Å²) in [5.74, 6) is 0.171. The highest BCUT2D eigenvalue weighted by molar-refractivity contribution is 6.28. The molecular weight excluding hydrogens is 298 g/mol. The van der Waals surface area contributed by atoms with Crippen LogP contribution in [0.15, 0.2) is 24.5 Å². The lowest BCUT2D eigenvalue weighted by Gasteiger charge is -2.05. The second kappa shape index (κ2) is 4.98. The van der Waals surface area contributed by atoms with Crippen LogP contribution in [0.1, 0.15) is 0 Å². The minimum Gasteiger partial charge on any atom is -0.490 e. The molecule has 0 aliphatic rings. The monoisotopic (exact) mass is 305 g/mol. The van der Waals surface area contributed by atoms with Crippen LogP contribution in [0.3, 0.4) is 0 Å². The number of hydrogen-bond donors (Lipinski definition) is 1. The van der Waals surface area contributed by atoms with E-state index in [1.165, 1.54) is 25.6 Å². The van der Waals surface area contributed by atoms with Crippen molar-refractivity contribution in [3.8, 4) is 17.0 Å². The van der Waals surface area contributed by atoms with Crippen LogP contribution in [-0.2, 0) is 0 Å². The number of fused-ring (bicyclic) bond motifs is 1. The Balaban J connectivity index is 2.25. The molecule has 106 valence electrons. The third kappa shape index (κ3) is 2.25. The average molecular weight is 306 g/mol. The van der Waals surface area contributed by atoms with Crippen LogP contribution in [-0.4, -0.2) is 32.0 Å². The first-order chi connectivity index (χ1) is 10.1. The number of methoxy groups -OCH3 is 1. The van der Waals surface area contributed by atoms with E-state index in [1.807, 2.05) is 0 Å². The summed E-state index contributed by atoms with van der Waals surface area (Å²) in [6.45, 7) is 0. The lowest BCUT2D eigenvalue weighted by molar-refractivity contribution is -0.385. The van der Waals surface area contributed by atoms with E-state index in [-0.39, 0.29) is 16.7 Å². The molecule has 0 aliphatic heterocycles. The van der Waals surface area contributed by atoms with Gasteiger partial charge < -0.3 is 9.72 Å². The molecule has 9 heteroatoms. The number of imidazole rings is 1. The smallest absolute Gasteiger partial charge is 0.311 e. The Morgan fingerprint density at radius 2 is 2.19 bits per heavy atom. The Morgan fingerprint density at radius 3 is 2.90 bits per heavy atom. The Bertz CT molecular complexity index is 848. The Hall–Kier alpha value is -2.74. The zero-order valence-electron chi connectivity index (χ0n) is 10.7. The van der Waals surface area contributed by atoms with Crippen LogP contribution in [0.4, 0.5) is 5.69 Å². The van der Waals surface area contributed by atoms with Crippen LogP contribution < -0.4 is 4.74 Å². The maximum absolute atomic E-state index is 11.1. The molecule has 2 heterocycles. The van der Waals surface area contributed by atoms with Crippen molar-refractivity contribution in [1.29, 1.82) is 0 Å². The lowest BCUT2D eigenvalue weighted by atomic mass is 10.1. The van der Waals surface area contributed by atoms with E-state index in [1.54, 1.807) is 6.07 Å². The van der Waals surface area contributed by atoms with Crippen molar-refractivity contribution < 1.29 is 9.66 Å². The van der Waals surface area contributed by atoms with Crippen molar-refractivity contribution in [3.05, 3.63) is 39.9 Å². The molecule has 3 aromatic rings. The molecule has 1 aromatic carbocycles. The zero-order chi connectivity index (χ0) is 15.0. The second-order valence-electron chi connectivity index (χ2n) is 4.09. The van der Waals surface area contributed by atoms with Crippen LogP contribution in [0, 0.1) is 10.1 Å². The fourth-order valence-electron chi connectivity index (χ4n) is 2.00. The largest absolute Gasteiger partial charge is 0.490 e. The molecule has 0 amide bonds. The fourth-order valence-corrected chi connectivity index (χ4v) is 2.16. The van der Waals surface area contributed by atoms with E-state index in [2.05, 4.69) is 19.9 Å². The second-order valence-corrected chi connectivity index (χ2v) is 4.42. The lowest BCUT2D eigenvalue weighted by Crippen LogP contribution is -1.96. The fraction of sp³-hybridized carbons (Fsp3) is 0.0833. The first kappa shape index (κ1) is 13.3. The third-order valence-corrected chi connectivity index (χ3v) is 3.08. The molecule has 1 N–H and O–H groups in total. The highest BCUT2D eigenvalue weighted by Gasteiger charge is 2.18. The zero-order valence-corrected chi connectivity index (χ0v) is 11.5. The van der Waals surface area contributed by atoms with Gasteiger partial charge in [-0.3, -0.25) is 10.1 Å². The number of nitrogens with one attached hydrogen (secondary N) is 1. The van der Waals surface area contributed by atoms with E-state index >= 15 is 0 Å². The van der Waals surface area contributed by atoms with E-state index in [9.17, 15) is 10.1 Å². The molecule has 0 fully saturated rings. The van der Waals surface area contributed by atoms with Crippen LogP contribution >= 0.6 is 11.6 Å².